The van der Waals surface area contributed by atoms with Gasteiger partial charge in [-0.25, -0.2) is 0 Å². The van der Waals surface area contributed by atoms with Gasteiger partial charge in [0.1, 0.15) is 0 Å². The van der Waals surface area contributed by atoms with Crippen LogP contribution in [0.1, 0.15) is 52.6 Å². The second-order valence-electron chi connectivity index (χ2n) is 12.4. The minimum Gasteiger partial charge on any atom is -0.493 e. The fraction of sp³-hybridized carbons (Fsp3) is 0.342. The molecule has 3 aromatic carbocycles. The van der Waals surface area contributed by atoms with Crippen molar-refractivity contribution in [1.29, 1.82) is 0 Å². The molecule has 3 heterocycles. The number of hydrogen-bond acceptors (Lipinski definition) is 8. The topological polar surface area (TPSA) is 114 Å². The molecular weight excluding hydrogens is 622 g/mol. The van der Waals surface area contributed by atoms with E-state index >= 15 is 0 Å². The first-order chi connectivity index (χ1) is 23.8. The maximum atomic E-state index is 13.7. The minimum absolute atomic E-state index is 0.0306. The lowest BCUT2D eigenvalue weighted by molar-refractivity contribution is 0.101. The van der Waals surface area contributed by atoms with E-state index in [-0.39, 0.29) is 29.2 Å². The number of nitrogens with zero attached hydrogens (tertiary/aromatic N) is 3. The Morgan fingerprint density at radius 1 is 0.796 bits per heavy atom. The van der Waals surface area contributed by atoms with Crippen molar-refractivity contribution in [1.82, 2.24) is 4.57 Å². The average molecular weight is 666 g/mol. The third kappa shape index (κ3) is 6.78. The molecule has 2 aliphatic heterocycles. The number of aromatic nitrogens is 1. The summed E-state index contributed by atoms with van der Waals surface area (Å²) in [5.41, 5.74) is 4.79. The summed E-state index contributed by atoms with van der Waals surface area (Å²) in [7, 11) is 4.54. The number of rotatable bonds is 11. The van der Waals surface area contributed by atoms with Crippen LogP contribution in [0.4, 0.5) is 22.7 Å². The predicted octanol–water partition coefficient (Wildman–Crippen LogP) is 5.85. The van der Waals surface area contributed by atoms with E-state index in [1.54, 1.807) is 30.3 Å². The van der Waals surface area contributed by atoms with Gasteiger partial charge in [-0.05, 0) is 74.7 Å². The van der Waals surface area contributed by atoms with Gasteiger partial charge in [-0.2, -0.15) is 0 Å². The standard InChI is InChI=1S/C38H43N5O6/c1-6-41(7-2)29-14-11-25(12-15-29)37(45)40-30-18-26(38(46)39-28-19-33(47-3)36(49-5)34(20-28)48-4)13-16-32(30)42-21-24-17-27(23-42)31-9-8-10-35(44)43(31)22-24/h8-16,18-20,24,27H,6-7,17,21-23H2,1-5H3,(H,39,46)(H,40,45)/t24-,27+/m1/s1. The van der Waals surface area contributed by atoms with Crippen LogP contribution in [0.25, 0.3) is 0 Å². The first kappa shape index (κ1) is 33.5. The molecule has 11 nitrogen and oxygen atoms in total. The Balaban J connectivity index is 1.32. The molecule has 0 radical (unpaired) electrons. The van der Waals surface area contributed by atoms with Crippen LogP contribution in [0, 0.1) is 5.92 Å². The quantitative estimate of drug-likeness (QED) is 0.205. The second kappa shape index (κ2) is 14.3. The monoisotopic (exact) mass is 665 g/mol. The smallest absolute Gasteiger partial charge is 0.255 e. The van der Waals surface area contributed by atoms with Gasteiger partial charge in [0.15, 0.2) is 11.5 Å². The minimum atomic E-state index is -0.372. The van der Waals surface area contributed by atoms with Gasteiger partial charge in [0.2, 0.25) is 5.75 Å². The van der Waals surface area contributed by atoms with Gasteiger partial charge in [-0.1, -0.05) is 6.07 Å². The van der Waals surface area contributed by atoms with Gasteiger partial charge in [0.25, 0.3) is 17.4 Å². The maximum Gasteiger partial charge on any atom is 0.255 e. The van der Waals surface area contributed by atoms with Gasteiger partial charge < -0.3 is 39.2 Å². The van der Waals surface area contributed by atoms with E-state index < -0.39 is 0 Å². The zero-order valence-electron chi connectivity index (χ0n) is 28.6. The molecular formula is C38H43N5O6. The number of piperidine rings is 1. The highest BCUT2D eigenvalue weighted by molar-refractivity contribution is 6.09. The van der Waals surface area contributed by atoms with Gasteiger partial charge >= 0.3 is 0 Å². The molecule has 2 amide bonds. The predicted molar refractivity (Wildman–Crippen MR) is 192 cm³/mol. The molecule has 2 N–H and O–H groups in total. The Morgan fingerprint density at radius 2 is 1.47 bits per heavy atom. The van der Waals surface area contributed by atoms with Crippen molar-refractivity contribution < 1.29 is 23.8 Å². The zero-order valence-corrected chi connectivity index (χ0v) is 28.6. The van der Waals surface area contributed by atoms with Crippen LogP contribution in [-0.2, 0) is 6.54 Å². The largest absolute Gasteiger partial charge is 0.493 e. The zero-order chi connectivity index (χ0) is 34.7. The van der Waals surface area contributed by atoms with Crippen LogP contribution in [0.15, 0.2) is 77.6 Å². The number of hydrogen-bond donors (Lipinski definition) is 2. The lowest BCUT2D eigenvalue weighted by Crippen LogP contribution is -2.47. The van der Waals surface area contributed by atoms with Crippen LogP contribution in [0.2, 0.25) is 0 Å². The average Bonchev–Trinajstić information content (AvgIpc) is 3.12. The molecule has 0 unspecified atom stereocenters. The molecule has 4 aromatic rings. The van der Waals surface area contributed by atoms with Crippen LogP contribution < -0.4 is 40.2 Å². The van der Waals surface area contributed by atoms with E-state index in [9.17, 15) is 14.4 Å². The van der Waals surface area contributed by atoms with Crippen molar-refractivity contribution in [2.24, 2.45) is 5.92 Å². The van der Waals surface area contributed by atoms with E-state index in [2.05, 4.69) is 34.3 Å². The molecule has 0 saturated carbocycles. The molecule has 6 rings (SSSR count). The number of carbonyl (C=O) groups is 2. The number of anilines is 4. The molecule has 2 bridgehead atoms. The fourth-order valence-electron chi connectivity index (χ4n) is 7.11. The van der Waals surface area contributed by atoms with Crippen LogP contribution in [0.3, 0.4) is 0 Å². The maximum absolute atomic E-state index is 13.7. The number of amides is 2. The lowest BCUT2D eigenvalue weighted by atomic mass is 9.83. The van der Waals surface area contributed by atoms with Gasteiger partial charge in [-0.3, -0.25) is 14.4 Å². The summed E-state index contributed by atoms with van der Waals surface area (Å²) in [4.78, 5) is 44.5. The van der Waals surface area contributed by atoms with Crippen molar-refractivity contribution in [3.63, 3.8) is 0 Å². The van der Waals surface area contributed by atoms with Crippen molar-refractivity contribution in [2.45, 2.75) is 32.7 Å². The molecule has 2 aliphatic rings. The molecule has 11 heteroatoms. The molecule has 256 valence electrons. The molecule has 1 saturated heterocycles. The van der Waals surface area contributed by atoms with E-state index in [1.165, 1.54) is 21.3 Å². The molecule has 0 aliphatic carbocycles. The highest BCUT2D eigenvalue weighted by Crippen LogP contribution is 2.41. The highest BCUT2D eigenvalue weighted by atomic mass is 16.5. The van der Waals surface area contributed by atoms with Crippen LogP contribution in [0.5, 0.6) is 17.2 Å². The van der Waals surface area contributed by atoms with Crippen molar-refractivity contribution in [3.05, 3.63) is 100.0 Å². The van der Waals surface area contributed by atoms with E-state index in [1.807, 2.05) is 47.0 Å². The molecule has 1 aromatic heterocycles. The van der Waals surface area contributed by atoms with Crippen LogP contribution in [-0.4, -0.2) is 63.9 Å². The first-order valence-corrected chi connectivity index (χ1v) is 16.6. The summed E-state index contributed by atoms with van der Waals surface area (Å²) >= 11 is 0. The summed E-state index contributed by atoms with van der Waals surface area (Å²) in [6.45, 7) is 7.98. The summed E-state index contributed by atoms with van der Waals surface area (Å²) < 4.78 is 18.2. The molecule has 0 spiro atoms. The third-order valence-corrected chi connectivity index (χ3v) is 9.51. The number of nitrogens with one attached hydrogen (secondary N) is 2. The summed E-state index contributed by atoms with van der Waals surface area (Å²) in [5.74, 6) is 1.03. The second-order valence-corrected chi connectivity index (χ2v) is 12.4. The SMILES string of the molecule is CCN(CC)c1ccc(C(=O)Nc2cc(C(=O)Nc3cc(OC)c(OC)c(OC)c3)ccc2N2C[C@H]3C[C@@H](C2)c2cccc(=O)n2C3)cc1. The first-order valence-electron chi connectivity index (χ1n) is 16.6. The Kier molecular flexibility index (Phi) is 9.80. The van der Waals surface area contributed by atoms with Gasteiger partial charge in [0.05, 0.1) is 32.7 Å². The summed E-state index contributed by atoms with van der Waals surface area (Å²) in [5, 5.41) is 6.05. The molecule has 1 fully saturated rings. The van der Waals surface area contributed by atoms with E-state index in [4.69, 9.17) is 14.2 Å². The van der Waals surface area contributed by atoms with Crippen molar-refractivity contribution in [3.8, 4) is 17.2 Å². The summed E-state index contributed by atoms with van der Waals surface area (Å²) in [6.07, 6.45) is 0.996. The lowest BCUT2D eigenvalue weighted by Gasteiger charge is -2.44. The number of pyridine rings is 1. The summed E-state index contributed by atoms with van der Waals surface area (Å²) in [6, 6.07) is 21.7. The molecule has 2 atom stereocenters. The van der Waals surface area contributed by atoms with Crippen molar-refractivity contribution >= 4 is 34.6 Å². The number of carbonyl (C=O) groups excluding carboxylic acids is 2. The Labute approximate surface area is 286 Å². The fourth-order valence-corrected chi connectivity index (χ4v) is 7.11. The van der Waals surface area contributed by atoms with E-state index in [0.717, 1.165) is 43.1 Å². The number of fused-ring (bicyclic) bond motifs is 4. The number of benzene rings is 3. The molecule has 49 heavy (non-hydrogen) atoms. The van der Waals surface area contributed by atoms with Crippen LogP contribution >= 0.6 is 0 Å². The number of ether oxygens (including phenoxy) is 3. The van der Waals surface area contributed by atoms with Crippen molar-refractivity contribution in [2.75, 3.05) is 67.9 Å². The highest BCUT2D eigenvalue weighted by Gasteiger charge is 2.35. The Hall–Kier alpha value is -5.45. The Morgan fingerprint density at radius 3 is 2.12 bits per heavy atom. The van der Waals surface area contributed by atoms with Gasteiger partial charge in [0, 0.05) is 85.0 Å². The number of methoxy groups -OCH3 is 3. The van der Waals surface area contributed by atoms with E-state index in [0.29, 0.717) is 52.8 Å². The van der Waals surface area contributed by atoms with Gasteiger partial charge in [-0.15, -0.1) is 0 Å². The Bertz CT molecular complexity index is 1880. The normalized spacial score (nSPS) is 16.3. The third-order valence-electron chi connectivity index (χ3n) is 9.51.